The number of hydrogen-bond acceptors (Lipinski definition) is 2. The van der Waals surface area contributed by atoms with E-state index in [0.717, 1.165) is 29.8 Å². The maximum absolute atomic E-state index is 5.58. The van der Waals surface area contributed by atoms with Crippen LogP contribution in [0.1, 0.15) is 32.1 Å². The van der Waals surface area contributed by atoms with Gasteiger partial charge in [-0.3, -0.25) is 0 Å². The van der Waals surface area contributed by atoms with Crippen molar-refractivity contribution in [3.8, 4) is 0 Å². The van der Waals surface area contributed by atoms with Gasteiger partial charge in [-0.1, -0.05) is 25.8 Å². The third-order valence-electron chi connectivity index (χ3n) is 2.27. The minimum atomic E-state index is 0.855. The molecule has 0 aliphatic rings. The summed E-state index contributed by atoms with van der Waals surface area (Å²) in [7, 11) is 0. The number of aromatic nitrogens is 1. The van der Waals surface area contributed by atoms with Crippen LogP contribution in [0.3, 0.4) is 0 Å². The number of unbranched alkanes of at least 4 members (excludes halogenated alkanes) is 2. The molecule has 0 saturated carbocycles. The summed E-state index contributed by atoms with van der Waals surface area (Å²) in [4.78, 5) is 4.39. The van der Waals surface area contributed by atoms with E-state index in [9.17, 15) is 0 Å². The van der Waals surface area contributed by atoms with Crippen LogP contribution >= 0.6 is 0 Å². The Labute approximate surface area is 84.0 Å². The van der Waals surface area contributed by atoms with Crippen molar-refractivity contribution in [3.63, 3.8) is 0 Å². The number of benzene rings is 1. The van der Waals surface area contributed by atoms with Gasteiger partial charge in [-0.2, -0.15) is 0 Å². The van der Waals surface area contributed by atoms with Crippen molar-refractivity contribution in [1.29, 1.82) is 0 Å². The number of aryl methyl sites for hydroxylation is 1. The monoisotopic (exact) mass is 188 g/mol. The van der Waals surface area contributed by atoms with Crippen molar-refractivity contribution in [1.82, 2.24) is 4.98 Å². The Bertz CT molecular complexity index is 372. The van der Waals surface area contributed by atoms with Crippen LogP contribution in [0.25, 0.3) is 11.1 Å². The molecule has 0 bridgehead atoms. The van der Waals surface area contributed by atoms with Gasteiger partial charge in [0.1, 0.15) is 5.52 Å². The number of hydrogen-bond donors (Lipinski definition) is 0. The molecule has 0 saturated heterocycles. The quantitative estimate of drug-likeness (QED) is 0.687. The molecule has 1 aromatic carbocycles. The molecule has 2 rings (SSSR count). The zero-order valence-electron chi connectivity index (χ0n) is 8.42. The number of rotatable bonds is 4. The molecule has 0 aliphatic carbocycles. The van der Waals surface area contributed by atoms with Gasteiger partial charge < -0.3 is 4.42 Å². The van der Waals surface area contributed by atoms with Crippen molar-refractivity contribution < 1.29 is 4.42 Å². The molecule has 0 unspecified atom stereocenters. The molecule has 0 N–H and O–H groups in total. The van der Waals surface area contributed by atoms with Crippen LogP contribution in [-0.2, 0) is 6.42 Å². The van der Waals surface area contributed by atoms with Crippen LogP contribution in [0.2, 0.25) is 0 Å². The van der Waals surface area contributed by atoms with E-state index in [1.54, 1.807) is 0 Å². The predicted molar refractivity (Wildman–Crippen MR) is 56.1 cm³/mol. The lowest BCUT2D eigenvalue weighted by Crippen LogP contribution is -1.84. The van der Waals surface area contributed by atoms with Gasteiger partial charge in [0.2, 0.25) is 0 Å². The van der Waals surface area contributed by atoms with Crippen LogP contribution in [0.15, 0.2) is 22.6 Å². The number of fused-ring (bicyclic) bond motifs is 1. The van der Waals surface area contributed by atoms with Crippen LogP contribution in [-0.4, -0.2) is 4.98 Å². The van der Waals surface area contributed by atoms with E-state index < -0.39 is 0 Å². The van der Waals surface area contributed by atoms with Gasteiger partial charge in [0.05, 0.1) is 0 Å². The summed E-state index contributed by atoms with van der Waals surface area (Å²) < 4.78 is 5.58. The first-order valence-corrected chi connectivity index (χ1v) is 5.15. The lowest BCUT2D eigenvalue weighted by Gasteiger charge is -1.92. The maximum atomic E-state index is 5.58. The zero-order valence-corrected chi connectivity index (χ0v) is 8.42. The summed E-state index contributed by atoms with van der Waals surface area (Å²) in [5.74, 6) is 0.855. The van der Waals surface area contributed by atoms with Gasteiger partial charge in [-0.15, -0.1) is 0 Å². The van der Waals surface area contributed by atoms with Crippen molar-refractivity contribution in [2.75, 3.05) is 0 Å². The summed E-state index contributed by atoms with van der Waals surface area (Å²) in [6.07, 6.45) is 4.58. The molecule has 14 heavy (non-hydrogen) atoms. The van der Waals surface area contributed by atoms with E-state index in [4.69, 9.17) is 4.42 Å². The van der Waals surface area contributed by atoms with E-state index >= 15 is 0 Å². The van der Waals surface area contributed by atoms with E-state index in [-0.39, 0.29) is 0 Å². The molecule has 2 aromatic rings. The molecule has 2 nitrogen and oxygen atoms in total. The summed E-state index contributed by atoms with van der Waals surface area (Å²) in [6.45, 7) is 2.20. The largest absolute Gasteiger partial charge is 0.441 e. The topological polar surface area (TPSA) is 26.0 Å². The molecule has 1 radical (unpaired) electrons. The van der Waals surface area contributed by atoms with Gasteiger partial charge in [0.25, 0.3) is 0 Å². The summed E-state index contributed by atoms with van der Waals surface area (Å²) >= 11 is 0. The normalized spacial score (nSPS) is 10.9. The third-order valence-corrected chi connectivity index (χ3v) is 2.27. The summed E-state index contributed by atoms with van der Waals surface area (Å²) in [5, 5.41) is 0. The second kappa shape index (κ2) is 4.27. The van der Waals surface area contributed by atoms with E-state index in [1.807, 2.05) is 18.2 Å². The summed E-state index contributed by atoms with van der Waals surface area (Å²) in [5.41, 5.74) is 1.79. The minimum Gasteiger partial charge on any atom is -0.441 e. The molecular formula is C12H14NO. The molecule has 0 spiro atoms. The second-order valence-electron chi connectivity index (χ2n) is 3.46. The first-order valence-electron chi connectivity index (χ1n) is 5.15. The van der Waals surface area contributed by atoms with Gasteiger partial charge in [0, 0.05) is 6.42 Å². The molecule has 73 valence electrons. The fourth-order valence-corrected chi connectivity index (χ4v) is 1.50. The van der Waals surface area contributed by atoms with Crippen LogP contribution in [0.5, 0.6) is 0 Å². The Morgan fingerprint density at radius 2 is 2.36 bits per heavy atom. The Hall–Kier alpha value is -1.31. The predicted octanol–water partition coefficient (Wildman–Crippen LogP) is 3.36. The van der Waals surface area contributed by atoms with Crippen molar-refractivity contribution in [2.24, 2.45) is 0 Å². The van der Waals surface area contributed by atoms with Crippen LogP contribution in [0, 0.1) is 6.07 Å². The standard InChI is InChI=1S/C12H14NO/c1-2-3-4-9-12-13-10-7-5-6-8-11(10)14-12/h6-8H,2-4,9H2,1H3. The third kappa shape index (κ3) is 1.95. The SMILES string of the molecule is CCCCCc1nc2c[c]ccc2o1. The first kappa shape index (κ1) is 9.25. The Morgan fingerprint density at radius 3 is 3.14 bits per heavy atom. The smallest absolute Gasteiger partial charge is 0.195 e. The zero-order chi connectivity index (χ0) is 9.80. The van der Waals surface area contributed by atoms with Gasteiger partial charge in [0.15, 0.2) is 11.5 Å². The maximum Gasteiger partial charge on any atom is 0.195 e. The first-order chi connectivity index (χ1) is 6.90. The lowest BCUT2D eigenvalue weighted by atomic mass is 10.2. The Balaban J connectivity index is 2.11. The van der Waals surface area contributed by atoms with Gasteiger partial charge in [-0.05, 0) is 24.6 Å². The highest BCUT2D eigenvalue weighted by atomic mass is 16.3. The molecule has 0 atom stereocenters. The average Bonchev–Trinajstić information content (AvgIpc) is 2.60. The second-order valence-corrected chi connectivity index (χ2v) is 3.46. The number of nitrogens with zero attached hydrogens (tertiary/aromatic N) is 1. The molecule has 0 aliphatic heterocycles. The van der Waals surface area contributed by atoms with Crippen LogP contribution < -0.4 is 0 Å². The van der Waals surface area contributed by atoms with Crippen molar-refractivity contribution in [3.05, 3.63) is 30.2 Å². The lowest BCUT2D eigenvalue weighted by molar-refractivity contribution is 0.512. The molecule has 2 heteroatoms. The fraction of sp³-hybridized carbons (Fsp3) is 0.417. The van der Waals surface area contributed by atoms with E-state index in [1.165, 1.54) is 12.8 Å². The molecule has 1 heterocycles. The van der Waals surface area contributed by atoms with E-state index in [2.05, 4.69) is 18.0 Å². The fourth-order valence-electron chi connectivity index (χ4n) is 1.50. The average molecular weight is 188 g/mol. The van der Waals surface area contributed by atoms with Crippen LogP contribution in [0.4, 0.5) is 0 Å². The van der Waals surface area contributed by atoms with E-state index in [0.29, 0.717) is 0 Å². The highest BCUT2D eigenvalue weighted by Gasteiger charge is 2.03. The minimum absolute atomic E-state index is 0.855. The molecule has 1 aromatic heterocycles. The molecule has 0 fully saturated rings. The Kier molecular flexibility index (Phi) is 2.82. The van der Waals surface area contributed by atoms with Crippen molar-refractivity contribution >= 4 is 11.1 Å². The summed E-state index contributed by atoms with van der Waals surface area (Å²) in [6, 6.07) is 8.62. The van der Waals surface area contributed by atoms with Gasteiger partial charge in [-0.25, -0.2) is 4.98 Å². The number of oxazole rings is 1. The highest BCUT2D eigenvalue weighted by Crippen LogP contribution is 2.15. The molecular weight excluding hydrogens is 174 g/mol. The molecule has 0 amide bonds. The Morgan fingerprint density at radius 1 is 1.43 bits per heavy atom. The van der Waals surface area contributed by atoms with Gasteiger partial charge >= 0.3 is 0 Å². The van der Waals surface area contributed by atoms with Crippen molar-refractivity contribution in [2.45, 2.75) is 32.6 Å². The highest BCUT2D eigenvalue weighted by molar-refractivity contribution is 5.71.